The van der Waals surface area contributed by atoms with Crippen LogP contribution in [0.1, 0.15) is 5.69 Å². The molecule has 0 aliphatic rings. The predicted octanol–water partition coefficient (Wildman–Crippen LogP) is 5.06. The summed E-state index contributed by atoms with van der Waals surface area (Å²) in [5.74, 6) is 0.706. The van der Waals surface area contributed by atoms with Gasteiger partial charge in [-0.1, -0.05) is 32.0 Å². The average molecular weight is 463 g/mol. The summed E-state index contributed by atoms with van der Waals surface area (Å²) in [7, 11) is 0. The minimum Gasteiger partial charge on any atom is -0.485 e. The van der Waals surface area contributed by atoms with Crippen molar-refractivity contribution in [3.63, 3.8) is 0 Å². The second-order valence-electron chi connectivity index (χ2n) is 2.98. The summed E-state index contributed by atoms with van der Waals surface area (Å²) >= 11 is 17.3. The smallest absolute Gasteiger partial charge is 0.148 e. The van der Waals surface area contributed by atoms with E-state index in [0.29, 0.717) is 15.8 Å². The van der Waals surface area contributed by atoms with E-state index in [1.54, 1.807) is 0 Å². The van der Waals surface area contributed by atoms with Gasteiger partial charge in [-0.05, 0) is 44.0 Å². The number of ether oxygens (including phenoxy) is 1. The first kappa shape index (κ1) is 13.7. The van der Waals surface area contributed by atoms with Gasteiger partial charge < -0.3 is 4.74 Å². The van der Waals surface area contributed by atoms with Crippen LogP contribution in [0, 0.1) is 0 Å². The second-order valence-corrected chi connectivity index (χ2v) is 6.96. The molecular weight excluding hydrogens is 459 g/mol. The van der Waals surface area contributed by atoms with Gasteiger partial charge in [-0.3, -0.25) is 0 Å². The van der Waals surface area contributed by atoms with Gasteiger partial charge in [-0.15, -0.1) is 5.10 Å². The van der Waals surface area contributed by atoms with Crippen molar-refractivity contribution in [2.24, 2.45) is 0 Å². The van der Waals surface area contributed by atoms with Crippen molar-refractivity contribution in [1.82, 2.24) is 9.59 Å². The number of halogens is 4. The maximum absolute atomic E-state index is 5.89. The molecule has 2 rings (SSSR count). The van der Waals surface area contributed by atoms with Crippen LogP contribution in [0.15, 0.2) is 25.6 Å². The highest BCUT2D eigenvalue weighted by Gasteiger charge is 2.11. The largest absolute Gasteiger partial charge is 0.485 e. The van der Waals surface area contributed by atoms with E-state index in [2.05, 4.69) is 57.4 Å². The van der Waals surface area contributed by atoms with Crippen LogP contribution in [0.5, 0.6) is 5.75 Å². The summed E-state index contributed by atoms with van der Waals surface area (Å²) in [6, 6.07) is 3.81. The van der Waals surface area contributed by atoms with Gasteiger partial charge in [0, 0.05) is 16.0 Å². The molecule has 0 unspecified atom stereocenters. The molecule has 0 bridgehead atoms. The lowest BCUT2D eigenvalue weighted by atomic mass is 10.3. The third-order valence-electron chi connectivity index (χ3n) is 1.83. The predicted molar refractivity (Wildman–Crippen MR) is 78.8 cm³/mol. The fourth-order valence-corrected chi connectivity index (χ4v) is 4.18. The Balaban J connectivity index is 2.17. The van der Waals surface area contributed by atoms with E-state index in [-0.39, 0.29) is 6.61 Å². The monoisotopic (exact) mass is 460 g/mol. The molecule has 2 aromatic rings. The first-order valence-corrected chi connectivity index (χ1v) is 7.85. The molecule has 0 radical (unpaired) electrons. The fraction of sp³-hybridized carbons (Fsp3) is 0.111. The highest BCUT2D eigenvalue weighted by molar-refractivity contribution is 9.11. The molecule has 1 aromatic heterocycles. The Bertz CT molecular complexity index is 526. The SMILES string of the molecule is Clc1snnc1COc1c(Br)cc(Br)cc1Br. The van der Waals surface area contributed by atoms with Crippen molar-refractivity contribution in [3.8, 4) is 5.75 Å². The van der Waals surface area contributed by atoms with E-state index < -0.39 is 0 Å². The zero-order chi connectivity index (χ0) is 12.4. The van der Waals surface area contributed by atoms with Gasteiger partial charge in [0.25, 0.3) is 0 Å². The summed E-state index contributed by atoms with van der Waals surface area (Å²) in [5.41, 5.74) is 0.637. The number of aromatic nitrogens is 2. The molecule has 0 fully saturated rings. The third kappa shape index (κ3) is 3.41. The number of hydrogen-bond donors (Lipinski definition) is 0. The summed E-state index contributed by atoms with van der Waals surface area (Å²) in [5, 5.41) is 3.88. The van der Waals surface area contributed by atoms with Crippen LogP contribution in [0.25, 0.3) is 0 Å². The van der Waals surface area contributed by atoms with Crippen LogP contribution in [0.4, 0.5) is 0 Å². The Kier molecular flexibility index (Phi) is 4.82. The summed E-state index contributed by atoms with van der Waals surface area (Å²) < 4.78 is 12.6. The molecule has 0 saturated heterocycles. The van der Waals surface area contributed by atoms with E-state index in [0.717, 1.165) is 25.0 Å². The number of hydrogen-bond acceptors (Lipinski definition) is 4. The van der Waals surface area contributed by atoms with E-state index in [4.69, 9.17) is 16.3 Å². The van der Waals surface area contributed by atoms with E-state index in [9.17, 15) is 0 Å². The summed E-state index contributed by atoms with van der Waals surface area (Å²) in [6.07, 6.45) is 0. The van der Waals surface area contributed by atoms with Gasteiger partial charge >= 0.3 is 0 Å². The summed E-state index contributed by atoms with van der Waals surface area (Å²) in [4.78, 5) is 0. The highest BCUT2D eigenvalue weighted by atomic mass is 79.9. The molecule has 0 amide bonds. The van der Waals surface area contributed by atoms with Crippen molar-refractivity contribution >= 4 is 70.9 Å². The maximum Gasteiger partial charge on any atom is 0.148 e. The van der Waals surface area contributed by atoms with Crippen LogP contribution in [0.3, 0.4) is 0 Å². The van der Waals surface area contributed by atoms with Crippen LogP contribution in [-0.4, -0.2) is 9.59 Å². The molecule has 90 valence electrons. The topological polar surface area (TPSA) is 35.0 Å². The van der Waals surface area contributed by atoms with Gasteiger partial charge in [0.1, 0.15) is 22.4 Å². The van der Waals surface area contributed by atoms with Crippen LogP contribution in [-0.2, 0) is 6.61 Å². The van der Waals surface area contributed by atoms with Crippen LogP contribution < -0.4 is 4.74 Å². The Morgan fingerprint density at radius 1 is 1.24 bits per heavy atom. The molecule has 0 saturated carbocycles. The number of nitrogens with zero attached hydrogens (tertiary/aromatic N) is 2. The molecule has 0 spiro atoms. The van der Waals surface area contributed by atoms with Gasteiger partial charge in [0.05, 0.1) is 8.95 Å². The minimum atomic E-state index is 0.286. The average Bonchev–Trinajstić information content (AvgIpc) is 2.62. The lowest BCUT2D eigenvalue weighted by Crippen LogP contribution is -1.98. The molecule has 0 aliphatic heterocycles. The maximum atomic E-state index is 5.89. The summed E-state index contributed by atoms with van der Waals surface area (Å²) in [6.45, 7) is 0.286. The molecule has 0 N–H and O–H groups in total. The Labute approximate surface area is 132 Å². The van der Waals surface area contributed by atoms with Gasteiger partial charge in [-0.25, -0.2) is 0 Å². The Morgan fingerprint density at radius 2 is 1.88 bits per heavy atom. The van der Waals surface area contributed by atoms with Crippen molar-refractivity contribution in [3.05, 3.63) is 35.6 Å². The third-order valence-corrected chi connectivity index (χ3v) is 4.45. The van der Waals surface area contributed by atoms with Crippen molar-refractivity contribution in [2.75, 3.05) is 0 Å². The van der Waals surface area contributed by atoms with E-state index in [1.165, 1.54) is 0 Å². The van der Waals surface area contributed by atoms with Crippen LogP contribution in [0.2, 0.25) is 4.34 Å². The lowest BCUT2D eigenvalue weighted by molar-refractivity contribution is 0.297. The Hall–Kier alpha value is 0.310. The fourth-order valence-electron chi connectivity index (χ4n) is 1.09. The van der Waals surface area contributed by atoms with Crippen molar-refractivity contribution < 1.29 is 4.74 Å². The second kappa shape index (κ2) is 5.97. The van der Waals surface area contributed by atoms with Crippen LogP contribution >= 0.6 is 70.9 Å². The standard InChI is InChI=1S/C9H4Br3ClN2OS/c10-4-1-5(11)8(6(12)2-4)16-3-7-9(13)17-15-14-7/h1-2H,3H2. The quantitative estimate of drug-likeness (QED) is 0.639. The van der Waals surface area contributed by atoms with E-state index >= 15 is 0 Å². The zero-order valence-electron chi connectivity index (χ0n) is 8.08. The van der Waals surface area contributed by atoms with Crippen molar-refractivity contribution in [1.29, 1.82) is 0 Å². The highest BCUT2D eigenvalue weighted by Crippen LogP contribution is 2.37. The molecule has 0 aliphatic carbocycles. The molecule has 1 heterocycles. The molecular formula is C9H4Br3ClN2OS. The number of benzene rings is 1. The minimum absolute atomic E-state index is 0.286. The molecule has 17 heavy (non-hydrogen) atoms. The van der Waals surface area contributed by atoms with Gasteiger partial charge in [0.2, 0.25) is 0 Å². The van der Waals surface area contributed by atoms with Crippen molar-refractivity contribution in [2.45, 2.75) is 6.61 Å². The number of rotatable bonds is 3. The van der Waals surface area contributed by atoms with Gasteiger partial charge in [-0.2, -0.15) is 0 Å². The molecule has 1 aromatic carbocycles. The lowest BCUT2D eigenvalue weighted by Gasteiger charge is -2.09. The Morgan fingerprint density at radius 3 is 2.41 bits per heavy atom. The molecule has 0 atom stereocenters. The molecule has 3 nitrogen and oxygen atoms in total. The first-order valence-electron chi connectivity index (χ1n) is 4.32. The van der Waals surface area contributed by atoms with Gasteiger partial charge in [0.15, 0.2) is 0 Å². The van der Waals surface area contributed by atoms with E-state index in [1.807, 2.05) is 12.1 Å². The normalized spacial score (nSPS) is 10.6. The first-order chi connectivity index (χ1) is 8.08. The molecule has 8 heteroatoms. The zero-order valence-corrected chi connectivity index (χ0v) is 14.4.